The molecule has 3 aliphatic rings. The fraction of sp³-hybridized carbons (Fsp3) is 0.500. The SMILES string of the molecule is C=C1C(=O)OC2C1C(OC(=O)c1ccoc1)CC1(C)C(O)CCC(=C)C21. The van der Waals surface area contributed by atoms with Crippen molar-refractivity contribution in [3.05, 3.63) is 48.5 Å². The highest BCUT2D eigenvalue weighted by Gasteiger charge is 2.62. The Morgan fingerprint density at radius 1 is 1.42 bits per heavy atom. The molecule has 6 nitrogen and oxygen atoms in total. The molecule has 1 saturated heterocycles. The highest BCUT2D eigenvalue weighted by Crippen LogP contribution is 2.57. The smallest absolute Gasteiger partial charge is 0.341 e. The lowest BCUT2D eigenvalue weighted by molar-refractivity contribution is -0.161. The molecule has 1 N–H and O–H groups in total. The first-order chi connectivity index (χ1) is 12.3. The minimum Gasteiger partial charge on any atom is -0.472 e. The molecular weight excluding hydrogens is 336 g/mol. The Morgan fingerprint density at radius 2 is 2.19 bits per heavy atom. The van der Waals surface area contributed by atoms with Gasteiger partial charge in [-0.1, -0.05) is 25.7 Å². The van der Waals surface area contributed by atoms with Gasteiger partial charge in [-0.05, 0) is 25.3 Å². The zero-order valence-electron chi connectivity index (χ0n) is 14.6. The van der Waals surface area contributed by atoms with Crippen molar-refractivity contribution in [3.63, 3.8) is 0 Å². The third kappa shape index (κ3) is 2.35. The van der Waals surface area contributed by atoms with Gasteiger partial charge in [0.25, 0.3) is 0 Å². The molecule has 1 aromatic heterocycles. The van der Waals surface area contributed by atoms with E-state index in [0.717, 1.165) is 5.57 Å². The van der Waals surface area contributed by atoms with Crippen LogP contribution in [0.1, 0.15) is 36.5 Å². The Balaban J connectivity index is 1.70. The molecule has 0 spiro atoms. The first-order valence-electron chi connectivity index (χ1n) is 8.81. The van der Waals surface area contributed by atoms with E-state index in [1.807, 2.05) is 6.92 Å². The summed E-state index contributed by atoms with van der Waals surface area (Å²) in [5.41, 5.74) is 1.01. The van der Waals surface area contributed by atoms with E-state index in [4.69, 9.17) is 13.9 Å². The molecule has 6 heteroatoms. The number of esters is 2. The molecule has 6 atom stereocenters. The fourth-order valence-corrected chi connectivity index (χ4v) is 4.93. The molecule has 4 rings (SSSR count). The van der Waals surface area contributed by atoms with Crippen LogP contribution in [0.4, 0.5) is 0 Å². The maximum Gasteiger partial charge on any atom is 0.341 e. The number of rotatable bonds is 2. The van der Waals surface area contributed by atoms with Crippen LogP contribution in [0.25, 0.3) is 0 Å². The first kappa shape index (κ1) is 17.1. The summed E-state index contributed by atoms with van der Waals surface area (Å²) in [6.07, 6.45) is 2.71. The van der Waals surface area contributed by atoms with Crippen LogP contribution in [0, 0.1) is 17.3 Å². The topological polar surface area (TPSA) is 86.0 Å². The van der Waals surface area contributed by atoms with Crippen LogP contribution in [-0.4, -0.2) is 35.4 Å². The number of carbonyl (C=O) groups excluding carboxylic acids is 2. The predicted octanol–water partition coefficient (Wildman–Crippen LogP) is 2.64. The lowest BCUT2D eigenvalue weighted by atomic mass is 9.53. The van der Waals surface area contributed by atoms with E-state index in [9.17, 15) is 14.7 Å². The quantitative estimate of drug-likeness (QED) is 0.497. The van der Waals surface area contributed by atoms with Crippen LogP contribution in [-0.2, 0) is 14.3 Å². The molecular formula is C20H22O6. The average Bonchev–Trinajstić information content (AvgIpc) is 3.21. The third-order valence-corrected chi connectivity index (χ3v) is 6.30. The Labute approximate surface area is 151 Å². The van der Waals surface area contributed by atoms with Crippen LogP contribution < -0.4 is 0 Å². The van der Waals surface area contributed by atoms with Gasteiger partial charge in [-0.25, -0.2) is 9.59 Å². The summed E-state index contributed by atoms with van der Waals surface area (Å²) < 4.78 is 16.3. The molecule has 3 fully saturated rings. The van der Waals surface area contributed by atoms with E-state index < -0.39 is 41.6 Å². The molecule has 6 unspecified atom stereocenters. The zero-order chi connectivity index (χ0) is 18.6. The standard InChI is InChI=1S/C20H22O6/c1-10-4-5-14(21)20(3)8-13(25-19(23)12-6-7-24-9-12)15-11(2)18(22)26-17(15)16(10)20/h6-7,9,13-17,21H,1-2,4-5,8H2,3H3. The number of ether oxygens (including phenoxy) is 2. The number of aliphatic hydroxyl groups excluding tert-OH is 1. The summed E-state index contributed by atoms with van der Waals surface area (Å²) in [5.74, 6) is -1.61. The summed E-state index contributed by atoms with van der Waals surface area (Å²) in [6, 6.07) is 1.52. The summed E-state index contributed by atoms with van der Waals surface area (Å²) in [7, 11) is 0. The van der Waals surface area contributed by atoms with Crippen LogP contribution in [0.2, 0.25) is 0 Å². The lowest BCUT2D eigenvalue weighted by Gasteiger charge is -2.54. The van der Waals surface area contributed by atoms with Gasteiger partial charge in [-0.2, -0.15) is 0 Å². The van der Waals surface area contributed by atoms with E-state index in [-0.39, 0.29) is 5.92 Å². The van der Waals surface area contributed by atoms with E-state index in [1.165, 1.54) is 18.6 Å². The number of fused-ring (bicyclic) bond motifs is 3. The van der Waals surface area contributed by atoms with Gasteiger partial charge < -0.3 is 19.0 Å². The van der Waals surface area contributed by atoms with Crippen molar-refractivity contribution in [1.29, 1.82) is 0 Å². The van der Waals surface area contributed by atoms with Gasteiger partial charge in [0.2, 0.25) is 0 Å². The Hall–Kier alpha value is -2.34. The van der Waals surface area contributed by atoms with E-state index in [0.29, 0.717) is 30.4 Å². The summed E-state index contributed by atoms with van der Waals surface area (Å²) in [5, 5.41) is 10.7. The maximum atomic E-state index is 12.4. The van der Waals surface area contributed by atoms with Crippen LogP contribution in [0.15, 0.2) is 47.3 Å². The van der Waals surface area contributed by atoms with E-state index in [2.05, 4.69) is 13.2 Å². The maximum absolute atomic E-state index is 12.4. The summed E-state index contributed by atoms with van der Waals surface area (Å²) in [4.78, 5) is 24.6. The summed E-state index contributed by atoms with van der Waals surface area (Å²) in [6.45, 7) is 9.99. The monoisotopic (exact) mass is 358 g/mol. The number of furan rings is 1. The number of carbonyl (C=O) groups is 2. The zero-order valence-corrected chi connectivity index (χ0v) is 14.6. The highest BCUT2D eigenvalue weighted by molar-refractivity contribution is 5.92. The second-order valence-electron chi connectivity index (χ2n) is 7.78. The van der Waals surface area contributed by atoms with Gasteiger partial charge in [0.05, 0.1) is 23.8 Å². The fourth-order valence-electron chi connectivity index (χ4n) is 4.93. The van der Waals surface area contributed by atoms with Crippen molar-refractivity contribution in [1.82, 2.24) is 0 Å². The van der Waals surface area contributed by atoms with Gasteiger partial charge in [-0.3, -0.25) is 0 Å². The third-order valence-electron chi connectivity index (χ3n) is 6.30. The van der Waals surface area contributed by atoms with E-state index in [1.54, 1.807) is 0 Å². The molecule has 1 aromatic rings. The van der Waals surface area contributed by atoms with Crippen molar-refractivity contribution in [2.45, 2.75) is 44.5 Å². The van der Waals surface area contributed by atoms with E-state index >= 15 is 0 Å². The van der Waals surface area contributed by atoms with Crippen molar-refractivity contribution < 1.29 is 28.6 Å². The van der Waals surface area contributed by atoms with Gasteiger partial charge >= 0.3 is 11.9 Å². The number of hydrogen-bond acceptors (Lipinski definition) is 6. The second kappa shape index (κ2) is 5.84. The predicted molar refractivity (Wildman–Crippen MR) is 91.0 cm³/mol. The molecule has 138 valence electrons. The molecule has 0 amide bonds. The van der Waals surface area contributed by atoms with Crippen LogP contribution in [0.5, 0.6) is 0 Å². The molecule has 0 bridgehead atoms. The molecule has 2 heterocycles. The van der Waals surface area contributed by atoms with Gasteiger partial charge in [0.1, 0.15) is 18.5 Å². The average molecular weight is 358 g/mol. The lowest BCUT2D eigenvalue weighted by Crippen LogP contribution is -2.58. The highest BCUT2D eigenvalue weighted by atomic mass is 16.6. The Kier molecular flexibility index (Phi) is 3.84. The van der Waals surface area contributed by atoms with Crippen LogP contribution >= 0.6 is 0 Å². The van der Waals surface area contributed by atoms with Crippen LogP contribution in [0.3, 0.4) is 0 Å². The minimum atomic E-state index is -0.608. The normalized spacial score (nSPS) is 39.2. The molecule has 0 radical (unpaired) electrons. The molecule has 2 saturated carbocycles. The van der Waals surface area contributed by atoms with Crippen molar-refractivity contribution in [2.24, 2.45) is 17.3 Å². The largest absolute Gasteiger partial charge is 0.472 e. The Morgan fingerprint density at radius 3 is 2.88 bits per heavy atom. The molecule has 2 aliphatic carbocycles. The molecule has 1 aliphatic heterocycles. The van der Waals surface area contributed by atoms with Crippen molar-refractivity contribution >= 4 is 11.9 Å². The molecule has 26 heavy (non-hydrogen) atoms. The second-order valence-corrected chi connectivity index (χ2v) is 7.78. The number of hydrogen-bond donors (Lipinski definition) is 1. The molecule has 0 aromatic carbocycles. The first-order valence-corrected chi connectivity index (χ1v) is 8.81. The van der Waals surface area contributed by atoms with Crippen molar-refractivity contribution in [2.75, 3.05) is 0 Å². The minimum absolute atomic E-state index is 0.177. The van der Waals surface area contributed by atoms with Gasteiger partial charge in [-0.15, -0.1) is 0 Å². The van der Waals surface area contributed by atoms with Gasteiger partial charge in [0, 0.05) is 16.9 Å². The Bertz CT molecular complexity index is 778. The van der Waals surface area contributed by atoms with Crippen molar-refractivity contribution in [3.8, 4) is 0 Å². The summed E-state index contributed by atoms with van der Waals surface area (Å²) >= 11 is 0. The number of aliphatic hydroxyl groups is 1. The van der Waals surface area contributed by atoms with Gasteiger partial charge in [0.15, 0.2) is 0 Å².